The molecule has 0 spiro atoms. The minimum absolute atomic E-state index is 0.202. The van der Waals surface area contributed by atoms with E-state index in [0.29, 0.717) is 12.2 Å². The van der Waals surface area contributed by atoms with Crippen molar-refractivity contribution >= 4 is 5.69 Å². The first-order valence-electron chi connectivity index (χ1n) is 6.21. The summed E-state index contributed by atoms with van der Waals surface area (Å²) in [5, 5.41) is 0. The molecular weight excluding hydrogens is 242 g/mol. The predicted octanol–water partition coefficient (Wildman–Crippen LogP) is 1.72. The zero-order chi connectivity index (χ0) is 14.2. The molecule has 100 valence electrons. The highest BCUT2D eigenvalue weighted by Gasteiger charge is 2.24. The normalized spacial score (nSPS) is 10.7. The third-order valence-electron chi connectivity index (χ3n) is 3.15. The summed E-state index contributed by atoms with van der Waals surface area (Å²) in [5.74, 6) is 0.202. The van der Waals surface area contributed by atoms with E-state index in [-0.39, 0.29) is 5.75 Å². The van der Waals surface area contributed by atoms with E-state index in [1.54, 1.807) is 6.92 Å². The number of hydrogen-bond acceptors (Lipinski definition) is 4. The zero-order valence-corrected chi connectivity index (χ0v) is 11.6. The van der Waals surface area contributed by atoms with Gasteiger partial charge >= 0.3 is 0 Å². The van der Waals surface area contributed by atoms with Gasteiger partial charge < -0.3 is 9.64 Å². The van der Waals surface area contributed by atoms with Crippen LogP contribution in [-0.2, 0) is 0 Å². The minimum atomic E-state index is -0.520. The summed E-state index contributed by atoms with van der Waals surface area (Å²) in [4.78, 5) is 25.2. The topological polar surface area (TPSA) is 46.6 Å². The van der Waals surface area contributed by atoms with Crippen LogP contribution >= 0.6 is 0 Å². The maximum absolute atomic E-state index is 11.7. The summed E-state index contributed by atoms with van der Waals surface area (Å²) in [6.45, 7) is 4.10. The fourth-order valence-electron chi connectivity index (χ4n) is 2.10. The number of benzene rings is 1. The van der Waals surface area contributed by atoms with Gasteiger partial charge in [0, 0.05) is 19.8 Å². The summed E-state index contributed by atoms with van der Waals surface area (Å²) in [7, 11) is 3.91. The molecule has 4 heteroatoms. The molecule has 0 heterocycles. The van der Waals surface area contributed by atoms with Crippen molar-refractivity contribution < 1.29 is 4.74 Å². The summed E-state index contributed by atoms with van der Waals surface area (Å²) in [5.41, 5.74) is 2.22. The van der Waals surface area contributed by atoms with E-state index in [4.69, 9.17) is 4.74 Å². The number of anilines is 1. The van der Waals surface area contributed by atoms with Gasteiger partial charge in [-0.1, -0.05) is 6.07 Å². The Morgan fingerprint density at radius 3 is 2.37 bits per heavy atom. The molecule has 0 radical (unpaired) electrons. The lowest BCUT2D eigenvalue weighted by Gasteiger charge is -2.17. The highest BCUT2D eigenvalue weighted by Crippen LogP contribution is 2.30. The van der Waals surface area contributed by atoms with Crippen LogP contribution in [0, 0.1) is 6.92 Å². The molecule has 4 nitrogen and oxygen atoms in total. The molecule has 0 N–H and O–H groups in total. The van der Waals surface area contributed by atoms with Crippen molar-refractivity contribution in [3.05, 3.63) is 44.2 Å². The third kappa shape index (κ3) is 2.14. The Labute approximate surface area is 111 Å². The van der Waals surface area contributed by atoms with Crippen LogP contribution in [0.15, 0.2) is 27.8 Å². The number of rotatable bonds is 4. The average molecular weight is 259 g/mol. The van der Waals surface area contributed by atoms with Crippen molar-refractivity contribution in [3.8, 4) is 16.9 Å². The Balaban J connectivity index is 2.52. The van der Waals surface area contributed by atoms with Crippen LogP contribution in [0.25, 0.3) is 11.1 Å². The van der Waals surface area contributed by atoms with Gasteiger partial charge in [-0.15, -0.1) is 0 Å². The molecule has 0 bridgehead atoms. The molecule has 0 fully saturated rings. The zero-order valence-electron chi connectivity index (χ0n) is 11.6. The lowest BCUT2D eigenvalue weighted by atomic mass is 9.95. The van der Waals surface area contributed by atoms with Crippen molar-refractivity contribution in [2.45, 2.75) is 13.8 Å². The van der Waals surface area contributed by atoms with Crippen molar-refractivity contribution in [2.24, 2.45) is 0 Å². The van der Waals surface area contributed by atoms with Crippen LogP contribution in [0.1, 0.15) is 12.5 Å². The van der Waals surface area contributed by atoms with E-state index < -0.39 is 10.9 Å². The standard InChI is InChI=1S/C15H17NO3/c1-5-19-15-12(13(17)14(15)18)11-7-6-10(16(3)4)8-9(11)2/h6-8H,5H2,1-4H3. The van der Waals surface area contributed by atoms with Gasteiger partial charge in [-0.25, -0.2) is 0 Å². The average Bonchev–Trinajstić information content (AvgIpc) is 2.39. The minimum Gasteiger partial charge on any atom is -0.489 e. The van der Waals surface area contributed by atoms with E-state index in [1.807, 2.05) is 44.1 Å². The maximum atomic E-state index is 11.7. The van der Waals surface area contributed by atoms with Crippen molar-refractivity contribution in [1.82, 2.24) is 0 Å². The summed E-state index contributed by atoms with van der Waals surface area (Å²) < 4.78 is 5.26. The molecule has 0 aliphatic heterocycles. The molecule has 2 aromatic rings. The molecule has 0 saturated carbocycles. The number of nitrogens with zero attached hydrogens (tertiary/aromatic N) is 1. The molecule has 0 amide bonds. The molecule has 0 saturated heterocycles. The van der Waals surface area contributed by atoms with Crippen molar-refractivity contribution in [2.75, 3.05) is 25.6 Å². The highest BCUT2D eigenvalue weighted by molar-refractivity contribution is 5.77. The van der Waals surface area contributed by atoms with Crippen LogP contribution in [-0.4, -0.2) is 20.7 Å². The molecule has 2 aromatic carbocycles. The third-order valence-corrected chi connectivity index (χ3v) is 3.15. The fraction of sp³-hybridized carbons (Fsp3) is 0.333. The maximum Gasteiger partial charge on any atom is 0.268 e. The number of aryl methyl sites for hydroxylation is 1. The van der Waals surface area contributed by atoms with Crippen LogP contribution in [0.2, 0.25) is 0 Å². The monoisotopic (exact) mass is 259 g/mol. The second kappa shape index (κ2) is 4.88. The first kappa shape index (κ1) is 13.3. The molecule has 0 aliphatic carbocycles. The fourth-order valence-corrected chi connectivity index (χ4v) is 2.10. The van der Waals surface area contributed by atoms with Crippen molar-refractivity contribution in [1.29, 1.82) is 0 Å². The lowest BCUT2D eigenvalue weighted by Crippen LogP contribution is -2.34. The SMILES string of the molecule is CCOc1c(-c2ccc(N(C)C)cc2C)c(=O)c1=O. The summed E-state index contributed by atoms with van der Waals surface area (Å²) in [6, 6.07) is 5.78. The van der Waals surface area contributed by atoms with E-state index in [0.717, 1.165) is 16.8 Å². The largest absolute Gasteiger partial charge is 0.489 e. The first-order chi connectivity index (χ1) is 8.97. The smallest absolute Gasteiger partial charge is 0.268 e. The van der Waals surface area contributed by atoms with Crippen LogP contribution in [0.3, 0.4) is 0 Å². The molecule has 2 rings (SSSR count). The quantitative estimate of drug-likeness (QED) is 0.784. The van der Waals surface area contributed by atoms with E-state index >= 15 is 0 Å². The van der Waals surface area contributed by atoms with Crippen molar-refractivity contribution in [3.63, 3.8) is 0 Å². The second-order valence-electron chi connectivity index (χ2n) is 4.69. The predicted molar refractivity (Wildman–Crippen MR) is 77.0 cm³/mol. The molecular formula is C15H17NO3. The molecule has 19 heavy (non-hydrogen) atoms. The number of hydrogen-bond donors (Lipinski definition) is 0. The molecule has 0 aliphatic rings. The Kier molecular flexibility index (Phi) is 3.42. The summed E-state index contributed by atoms with van der Waals surface area (Å²) >= 11 is 0. The number of ether oxygens (including phenoxy) is 1. The van der Waals surface area contributed by atoms with Crippen LogP contribution in [0.5, 0.6) is 5.75 Å². The van der Waals surface area contributed by atoms with E-state index in [2.05, 4.69) is 0 Å². The van der Waals surface area contributed by atoms with Gasteiger partial charge in [-0.3, -0.25) is 9.59 Å². The van der Waals surface area contributed by atoms with Gasteiger partial charge in [-0.2, -0.15) is 0 Å². The van der Waals surface area contributed by atoms with E-state index in [9.17, 15) is 9.59 Å². The lowest BCUT2D eigenvalue weighted by molar-refractivity contribution is 0.334. The first-order valence-corrected chi connectivity index (χ1v) is 6.21. The van der Waals surface area contributed by atoms with Gasteiger partial charge in [-0.05, 0) is 37.1 Å². The Hall–Kier alpha value is -2.10. The van der Waals surface area contributed by atoms with Gasteiger partial charge in [0.25, 0.3) is 5.43 Å². The molecule has 0 atom stereocenters. The van der Waals surface area contributed by atoms with Crippen LogP contribution < -0.4 is 20.5 Å². The van der Waals surface area contributed by atoms with Gasteiger partial charge in [0.2, 0.25) is 5.43 Å². The Morgan fingerprint density at radius 1 is 1.16 bits per heavy atom. The Bertz CT molecular complexity index is 679. The van der Waals surface area contributed by atoms with E-state index in [1.165, 1.54) is 0 Å². The van der Waals surface area contributed by atoms with Gasteiger partial charge in [0.15, 0.2) is 5.75 Å². The Morgan fingerprint density at radius 2 is 1.84 bits per heavy atom. The highest BCUT2D eigenvalue weighted by atomic mass is 16.5. The van der Waals surface area contributed by atoms with Gasteiger partial charge in [0.1, 0.15) is 0 Å². The van der Waals surface area contributed by atoms with Gasteiger partial charge in [0.05, 0.1) is 12.2 Å². The second-order valence-corrected chi connectivity index (χ2v) is 4.69. The molecule has 0 unspecified atom stereocenters. The molecule has 0 aromatic heterocycles. The van der Waals surface area contributed by atoms with Crippen LogP contribution in [0.4, 0.5) is 5.69 Å². The summed E-state index contributed by atoms with van der Waals surface area (Å²) in [6.07, 6.45) is 0.